The number of hydrogen-bond donors (Lipinski definition) is 1. The van der Waals surface area contributed by atoms with Crippen LogP contribution in [0.2, 0.25) is 0 Å². The van der Waals surface area contributed by atoms with Gasteiger partial charge in [-0.05, 0) is 62.5 Å². The number of rotatable bonds is 4. The Bertz CT molecular complexity index is 470. The molecule has 2 fully saturated rings. The van der Waals surface area contributed by atoms with Gasteiger partial charge in [-0.3, -0.25) is 0 Å². The first-order valence-electron chi connectivity index (χ1n) is 8.16. The molecule has 2 aliphatic rings. The van der Waals surface area contributed by atoms with Crippen molar-refractivity contribution in [3.8, 4) is 0 Å². The Morgan fingerprint density at radius 3 is 3.00 bits per heavy atom. The van der Waals surface area contributed by atoms with E-state index in [0.29, 0.717) is 6.04 Å². The zero-order chi connectivity index (χ0) is 14.7. The molecule has 1 spiro atoms. The monoisotopic (exact) mass is 305 g/mol. The van der Waals surface area contributed by atoms with Crippen molar-refractivity contribution < 1.29 is 4.74 Å². The number of nitrogens with one attached hydrogen (secondary N) is 1. The van der Waals surface area contributed by atoms with Crippen LogP contribution < -0.4 is 5.32 Å². The third kappa shape index (κ3) is 3.46. The van der Waals surface area contributed by atoms with E-state index in [9.17, 15) is 0 Å². The molecule has 2 aliphatic heterocycles. The van der Waals surface area contributed by atoms with Crippen molar-refractivity contribution in [2.75, 3.05) is 25.2 Å². The maximum absolute atomic E-state index is 6.18. The first-order chi connectivity index (χ1) is 10.2. The number of hydrogen-bond acceptors (Lipinski definition) is 3. The van der Waals surface area contributed by atoms with Crippen LogP contribution in [0.4, 0.5) is 0 Å². The van der Waals surface area contributed by atoms with E-state index in [2.05, 4.69) is 55.3 Å². The molecule has 0 amide bonds. The van der Waals surface area contributed by atoms with Gasteiger partial charge in [0.15, 0.2) is 0 Å². The summed E-state index contributed by atoms with van der Waals surface area (Å²) in [5.41, 5.74) is 3.09. The van der Waals surface area contributed by atoms with Crippen molar-refractivity contribution in [2.24, 2.45) is 5.92 Å². The molecule has 21 heavy (non-hydrogen) atoms. The molecule has 0 aliphatic carbocycles. The molecule has 2 heterocycles. The Kier molecular flexibility index (Phi) is 4.92. The fourth-order valence-electron chi connectivity index (χ4n) is 3.85. The van der Waals surface area contributed by atoms with E-state index in [1.54, 1.807) is 0 Å². The van der Waals surface area contributed by atoms with Crippen LogP contribution in [-0.4, -0.2) is 36.8 Å². The molecule has 1 aromatic carbocycles. The third-order valence-electron chi connectivity index (χ3n) is 5.24. The molecule has 3 rings (SSSR count). The topological polar surface area (TPSA) is 21.3 Å². The lowest BCUT2D eigenvalue weighted by Crippen LogP contribution is -2.47. The number of benzene rings is 1. The Morgan fingerprint density at radius 2 is 2.29 bits per heavy atom. The number of ether oxygens (including phenoxy) is 1. The second kappa shape index (κ2) is 6.72. The van der Waals surface area contributed by atoms with Gasteiger partial charge in [0.1, 0.15) is 0 Å². The summed E-state index contributed by atoms with van der Waals surface area (Å²) in [7, 11) is 2.12. The predicted octanol–water partition coefficient (Wildman–Crippen LogP) is 3.43. The van der Waals surface area contributed by atoms with Crippen molar-refractivity contribution in [3.63, 3.8) is 0 Å². The summed E-state index contributed by atoms with van der Waals surface area (Å²) in [5.74, 6) is 3.21. The normalized spacial score (nSPS) is 30.7. The van der Waals surface area contributed by atoms with Crippen LogP contribution in [0.1, 0.15) is 30.4 Å². The summed E-state index contributed by atoms with van der Waals surface area (Å²) in [4.78, 5) is 0. The molecule has 2 nitrogen and oxygen atoms in total. The van der Waals surface area contributed by atoms with Gasteiger partial charge < -0.3 is 10.1 Å². The summed E-state index contributed by atoms with van der Waals surface area (Å²) in [5, 5.41) is 3.59. The smallest absolute Gasteiger partial charge is 0.0783 e. The standard InChI is InChI=1S/C18H27NOS/c1-14-5-3-4-6-15(14)11-17(19-2)16-7-9-20-18(12-16)8-10-21-13-18/h3-6,16-17,19H,7-13H2,1-2H3. The highest BCUT2D eigenvalue weighted by atomic mass is 32.2. The van der Waals surface area contributed by atoms with E-state index in [1.807, 2.05) is 0 Å². The second-order valence-electron chi connectivity index (χ2n) is 6.61. The SMILES string of the molecule is CNC(Cc1ccccc1C)C1CCOC2(CCSC2)C1. The van der Waals surface area contributed by atoms with Gasteiger partial charge in [0.25, 0.3) is 0 Å². The lowest BCUT2D eigenvalue weighted by molar-refractivity contribution is -0.0847. The minimum atomic E-state index is 0.189. The molecule has 3 unspecified atom stereocenters. The van der Waals surface area contributed by atoms with E-state index in [4.69, 9.17) is 4.74 Å². The lowest BCUT2D eigenvalue weighted by atomic mass is 9.79. The van der Waals surface area contributed by atoms with Crippen molar-refractivity contribution in [2.45, 2.75) is 44.2 Å². The van der Waals surface area contributed by atoms with E-state index in [-0.39, 0.29) is 5.60 Å². The largest absolute Gasteiger partial charge is 0.374 e. The van der Waals surface area contributed by atoms with Crippen molar-refractivity contribution in [1.82, 2.24) is 5.32 Å². The Hall–Kier alpha value is -0.510. The zero-order valence-electron chi connectivity index (χ0n) is 13.2. The Balaban J connectivity index is 1.69. The quantitative estimate of drug-likeness (QED) is 0.921. The Labute approximate surface area is 133 Å². The van der Waals surface area contributed by atoms with E-state index in [0.717, 1.165) is 18.9 Å². The molecule has 1 aromatic rings. The first-order valence-corrected chi connectivity index (χ1v) is 9.31. The second-order valence-corrected chi connectivity index (χ2v) is 7.72. The van der Waals surface area contributed by atoms with Crippen LogP contribution in [0.3, 0.4) is 0 Å². The van der Waals surface area contributed by atoms with Gasteiger partial charge in [-0.1, -0.05) is 24.3 Å². The van der Waals surface area contributed by atoms with Crippen LogP contribution in [0, 0.1) is 12.8 Å². The van der Waals surface area contributed by atoms with Crippen LogP contribution in [0.25, 0.3) is 0 Å². The minimum Gasteiger partial charge on any atom is -0.374 e. The molecule has 3 heteroatoms. The molecule has 2 saturated heterocycles. The van der Waals surface area contributed by atoms with Gasteiger partial charge in [0.2, 0.25) is 0 Å². The van der Waals surface area contributed by atoms with Crippen molar-refractivity contribution in [1.29, 1.82) is 0 Å². The third-order valence-corrected chi connectivity index (χ3v) is 6.46. The summed E-state index contributed by atoms with van der Waals surface area (Å²) < 4.78 is 6.18. The maximum Gasteiger partial charge on any atom is 0.0783 e. The molecule has 116 valence electrons. The summed E-state index contributed by atoms with van der Waals surface area (Å²) in [6.45, 7) is 3.16. The zero-order valence-corrected chi connectivity index (χ0v) is 14.0. The van der Waals surface area contributed by atoms with Gasteiger partial charge in [-0.15, -0.1) is 0 Å². The van der Waals surface area contributed by atoms with Gasteiger partial charge in [-0.2, -0.15) is 11.8 Å². The van der Waals surface area contributed by atoms with Gasteiger partial charge >= 0.3 is 0 Å². The summed E-state index contributed by atoms with van der Waals surface area (Å²) in [6, 6.07) is 9.36. The van der Waals surface area contributed by atoms with Crippen LogP contribution in [-0.2, 0) is 11.2 Å². The molecule has 0 saturated carbocycles. The first kappa shape index (κ1) is 15.4. The average Bonchev–Trinajstić information content (AvgIpc) is 2.94. The molecular weight excluding hydrogens is 278 g/mol. The maximum atomic E-state index is 6.18. The van der Waals surface area contributed by atoms with Crippen molar-refractivity contribution >= 4 is 11.8 Å². The van der Waals surface area contributed by atoms with E-state index in [1.165, 1.54) is 41.9 Å². The highest BCUT2D eigenvalue weighted by molar-refractivity contribution is 7.99. The van der Waals surface area contributed by atoms with E-state index < -0.39 is 0 Å². The van der Waals surface area contributed by atoms with Gasteiger partial charge in [0.05, 0.1) is 5.60 Å². The van der Waals surface area contributed by atoms with Crippen molar-refractivity contribution in [3.05, 3.63) is 35.4 Å². The van der Waals surface area contributed by atoms with Crippen LogP contribution >= 0.6 is 11.8 Å². The predicted molar refractivity (Wildman–Crippen MR) is 91.1 cm³/mol. The van der Waals surface area contributed by atoms with Gasteiger partial charge in [0, 0.05) is 18.4 Å². The highest BCUT2D eigenvalue weighted by Crippen LogP contribution is 2.41. The Morgan fingerprint density at radius 1 is 1.43 bits per heavy atom. The average molecular weight is 305 g/mol. The fourth-order valence-corrected chi connectivity index (χ4v) is 5.23. The summed E-state index contributed by atoms with van der Waals surface area (Å²) >= 11 is 2.06. The number of thioether (sulfide) groups is 1. The molecule has 3 atom stereocenters. The lowest BCUT2D eigenvalue weighted by Gasteiger charge is -2.41. The molecule has 0 radical (unpaired) electrons. The molecular formula is C18H27NOS. The molecule has 1 N–H and O–H groups in total. The fraction of sp³-hybridized carbons (Fsp3) is 0.667. The van der Waals surface area contributed by atoms with Crippen LogP contribution in [0.5, 0.6) is 0 Å². The minimum absolute atomic E-state index is 0.189. The van der Waals surface area contributed by atoms with Crippen LogP contribution in [0.15, 0.2) is 24.3 Å². The van der Waals surface area contributed by atoms with Gasteiger partial charge in [-0.25, -0.2) is 0 Å². The van der Waals surface area contributed by atoms with E-state index >= 15 is 0 Å². The molecule has 0 bridgehead atoms. The summed E-state index contributed by atoms with van der Waals surface area (Å²) in [6.07, 6.45) is 4.81. The number of aryl methyl sites for hydroxylation is 1. The molecule has 0 aromatic heterocycles. The highest BCUT2D eigenvalue weighted by Gasteiger charge is 2.42. The number of likely N-dealkylation sites (N-methyl/N-ethyl adjacent to an activating group) is 1.